The van der Waals surface area contributed by atoms with Gasteiger partial charge in [-0.3, -0.25) is 14.5 Å². The molecule has 0 atom stereocenters. The molecule has 2 heterocycles. The van der Waals surface area contributed by atoms with Gasteiger partial charge in [0.1, 0.15) is 0 Å². The van der Waals surface area contributed by atoms with Gasteiger partial charge in [-0.05, 0) is 24.3 Å². The maximum atomic E-state index is 12.1. The van der Waals surface area contributed by atoms with Crippen molar-refractivity contribution in [3.05, 3.63) is 46.7 Å². The lowest BCUT2D eigenvalue weighted by molar-refractivity contribution is -0.124. The van der Waals surface area contributed by atoms with Crippen molar-refractivity contribution in [1.82, 2.24) is 25.3 Å². The Morgan fingerprint density at radius 2 is 2.17 bits per heavy atom. The summed E-state index contributed by atoms with van der Waals surface area (Å²) in [6.45, 7) is 0.300. The van der Waals surface area contributed by atoms with E-state index in [1.807, 2.05) is 24.3 Å². The third kappa shape index (κ3) is 3.46. The molecule has 1 aromatic heterocycles. The number of amides is 4. The van der Waals surface area contributed by atoms with Gasteiger partial charge in [0, 0.05) is 23.8 Å². The molecule has 2 aromatic rings. The number of carbonyl (C=O) groups is 3. The first-order valence-electron chi connectivity index (χ1n) is 7.22. The third-order valence-electron chi connectivity index (χ3n) is 3.45. The molecule has 0 radical (unpaired) electrons. The zero-order chi connectivity index (χ0) is 17.1. The second kappa shape index (κ2) is 6.83. The number of hydrogen-bond acceptors (Lipinski definition) is 4. The monoisotopic (exact) mass is 391 g/mol. The molecule has 1 saturated heterocycles. The molecule has 0 bridgehead atoms. The zero-order valence-electron chi connectivity index (χ0n) is 12.5. The number of benzene rings is 1. The summed E-state index contributed by atoms with van der Waals surface area (Å²) in [6, 6.07) is 8.69. The SMILES string of the molecule is O=C(NCCN1C(=O)CNC1=O)c1ccn(-c2cccc(Br)c2)n1. The van der Waals surface area contributed by atoms with Gasteiger partial charge in [0.2, 0.25) is 5.91 Å². The van der Waals surface area contributed by atoms with E-state index in [0.717, 1.165) is 15.1 Å². The highest BCUT2D eigenvalue weighted by Crippen LogP contribution is 2.15. The number of rotatable bonds is 5. The molecule has 4 amide bonds. The summed E-state index contributed by atoms with van der Waals surface area (Å²) in [4.78, 5) is 36.0. The minimum Gasteiger partial charge on any atom is -0.349 e. The van der Waals surface area contributed by atoms with Crippen LogP contribution in [0.15, 0.2) is 41.0 Å². The molecule has 1 aliphatic heterocycles. The number of nitrogens with one attached hydrogen (secondary N) is 2. The van der Waals surface area contributed by atoms with Gasteiger partial charge in [-0.2, -0.15) is 5.10 Å². The fourth-order valence-electron chi connectivity index (χ4n) is 2.26. The molecule has 0 aliphatic carbocycles. The zero-order valence-corrected chi connectivity index (χ0v) is 14.1. The van der Waals surface area contributed by atoms with Crippen LogP contribution in [0, 0.1) is 0 Å². The van der Waals surface area contributed by atoms with Crippen molar-refractivity contribution in [3.8, 4) is 5.69 Å². The van der Waals surface area contributed by atoms with Crippen LogP contribution in [0.5, 0.6) is 0 Å². The summed E-state index contributed by atoms with van der Waals surface area (Å²) in [7, 11) is 0. The van der Waals surface area contributed by atoms with Gasteiger partial charge in [0.05, 0.1) is 12.2 Å². The highest BCUT2D eigenvalue weighted by atomic mass is 79.9. The molecule has 0 unspecified atom stereocenters. The van der Waals surface area contributed by atoms with E-state index < -0.39 is 6.03 Å². The van der Waals surface area contributed by atoms with E-state index >= 15 is 0 Å². The van der Waals surface area contributed by atoms with Crippen LogP contribution in [0.3, 0.4) is 0 Å². The highest BCUT2D eigenvalue weighted by Gasteiger charge is 2.27. The van der Waals surface area contributed by atoms with Crippen LogP contribution in [0.1, 0.15) is 10.5 Å². The van der Waals surface area contributed by atoms with Crippen molar-refractivity contribution < 1.29 is 14.4 Å². The first-order chi connectivity index (χ1) is 11.5. The lowest BCUT2D eigenvalue weighted by Crippen LogP contribution is -2.38. The van der Waals surface area contributed by atoms with Crippen molar-refractivity contribution in [2.45, 2.75) is 0 Å². The summed E-state index contributed by atoms with van der Waals surface area (Å²) in [5.74, 6) is -0.663. The molecule has 1 aromatic carbocycles. The second-order valence-electron chi connectivity index (χ2n) is 5.09. The molecule has 124 valence electrons. The normalized spacial score (nSPS) is 14.0. The Bertz CT molecular complexity index is 788. The van der Waals surface area contributed by atoms with Crippen molar-refractivity contribution in [2.75, 3.05) is 19.6 Å². The largest absolute Gasteiger partial charge is 0.349 e. The smallest absolute Gasteiger partial charge is 0.324 e. The average molecular weight is 392 g/mol. The van der Waals surface area contributed by atoms with Gasteiger partial charge < -0.3 is 10.6 Å². The topological polar surface area (TPSA) is 96.3 Å². The number of nitrogens with zero attached hydrogens (tertiary/aromatic N) is 3. The Morgan fingerprint density at radius 1 is 1.33 bits per heavy atom. The minimum absolute atomic E-state index is 0.00379. The van der Waals surface area contributed by atoms with E-state index in [0.29, 0.717) is 0 Å². The van der Waals surface area contributed by atoms with Gasteiger partial charge in [-0.1, -0.05) is 22.0 Å². The first-order valence-corrected chi connectivity index (χ1v) is 8.02. The standard InChI is InChI=1S/C15H14BrN5O3/c16-10-2-1-3-11(8-10)21-6-4-12(19-21)14(23)17-5-7-20-13(22)9-18-15(20)24/h1-4,6,8H,5,7,9H2,(H,17,23)(H,18,24). The Balaban J connectivity index is 1.58. The fraction of sp³-hybridized carbons (Fsp3) is 0.200. The van der Waals surface area contributed by atoms with E-state index in [1.165, 1.54) is 0 Å². The lowest BCUT2D eigenvalue weighted by atomic mass is 10.3. The Morgan fingerprint density at radius 3 is 2.88 bits per heavy atom. The van der Waals surface area contributed by atoms with Crippen LogP contribution in [0.2, 0.25) is 0 Å². The van der Waals surface area contributed by atoms with Gasteiger partial charge in [0.25, 0.3) is 5.91 Å². The summed E-state index contributed by atoms with van der Waals surface area (Å²) < 4.78 is 2.51. The van der Waals surface area contributed by atoms with E-state index in [-0.39, 0.29) is 37.1 Å². The van der Waals surface area contributed by atoms with Crippen LogP contribution < -0.4 is 10.6 Å². The fourth-order valence-corrected chi connectivity index (χ4v) is 2.65. The Kier molecular flexibility index (Phi) is 4.61. The molecule has 1 aliphatic rings. The van der Waals surface area contributed by atoms with Crippen molar-refractivity contribution >= 4 is 33.8 Å². The second-order valence-corrected chi connectivity index (χ2v) is 6.00. The van der Waals surface area contributed by atoms with E-state index in [9.17, 15) is 14.4 Å². The van der Waals surface area contributed by atoms with Crippen molar-refractivity contribution in [2.24, 2.45) is 0 Å². The van der Waals surface area contributed by atoms with E-state index in [2.05, 4.69) is 31.7 Å². The van der Waals surface area contributed by atoms with Gasteiger partial charge in [-0.15, -0.1) is 0 Å². The number of halogens is 1. The number of urea groups is 1. The van der Waals surface area contributed by atoms with Crippen molar-refractivity contribution in [1.29, 1.82) is 0 Å². The molecule has 24 heavy (non-hydrogen) atoms. The van der Waals surface area contributed by atoms with Gasteiger partial charge in [-0.25, -0.2) is 9.48 Å². The van der Waals surface area contributed by atoms with Crippen molar-refractivity contribution in [3.63, 3.8) is 0 Å². The molecular formula is C15H14BrN5O3. The average Bonchev–Trinajstić information content (AvgIpc) is 3.17. The molecule has 9 heteroatoms. The summed E-state index contributed by atoms with van der Waals surface area (Å²) in [5.41, 5.74) is 1.08. The van der Waals surface area contributed by atoms with Gasteiger partial charge in [0.15, 0.2) is 5.69 Å². The quantitative estimate of drug-likeness (QED) is 0.740. The van der Waals surface area contributed by atoms with Crippen LogP contribution in [0.4, 0.5) is 4.79 Å². The predicted octanol–water partition coefficient (Wildman–Crippen LogP) is 0.916. The van der Waals surface area contributed by atoms with Crippen LogP contribution in [0.25, 0.3) is 5.69 Å². The third-order valence-corrected chi connectivity index (χ3v) is 3.95. The van der Waals surface area contributed by atoms with Crippen LogP contribution in [-0.2, 0) is 4.79 Å². The Labute approximate surface area is 145 Å². The predicted molar refractivity (Wildman–Crippen MR) is 88.7 cm³/mol. The Hall–Kier alpha value is -2.68. The lowest BCUT2D eigenvalue weighted by Gasteiger charge is -2.12. The maximum Gasteiger partial charge on any atom is 0.324 e. The first kappa shape index (κ1) is 16.2. The van der Waals surface area contributed by atoms with Crippen LogP contribution in [-0.4, -0.2) is 52.2 Å². The number of aromatic nitrogens is 2. The number of hydrogen-bond donors (Lipinski definition) is 2. The van der Waals surface area contributed by atoms with E-state index in [4.69, 9.17) is 0 Å². The van der Waals surface area contributed by atoms with Gasteiger partial charge >= 0.3 is 6.03 Å². The molecule has 3 rings (SSSR count). The number of carbonyl (C=O) groups excluding carboxylic acids is 3. The maximum absolute atomic E-state index is 12.1. The van der Waals surface area contributed by atoms with E-state index in [1.54, 1.807) is 16.9 Å². The molecule has 2 N–H and O–H groups in total. The molecular weight excluding hydrogens is 378 g/mol. The van der Waals surface area contributed by atoms with Crippen LogP contribution >= 0.6 is 15.9 Å². The summed E-state index contributed by atoms with van der Waals surface area (Å²) in [5, 5.41) is 9.29. The number of imide groups is 1. The minimum atomic E-state index is -0.437. The molecule has 0 spiro atoms. The highest BCUT2D eigenvalue weighted by molar-refractivity contribution is 9.10. The molecule has 8 nitrogen and oxygen atoms in total. The molecule has 0 saturated carbocycles. The summed E-state index contributed by atoms with van der Waals surface area (Å²) in [6.07, 6.45) is 1.69. The summed E-state index contributed by atoms with van der Waals surface area (Å²) >= 11 is 3.39. The molecule has 1 fully saturated rings.